The van der Waals surface area contributed by atoms with Crippen LogP contribution < -0.4 is 5.34 Å². The van der Waals surface area contributed by atoms with Gasteiger partial charge in [-0.3, -0.25) is 14.9 Å². The Balaban J connectivity index is 2.50. The number of carbonyl (C=O) groups is 2. The van der Waals surface area contributed by atoms with Crippen molar-refractivity contribution < 1.29 is 9.59 Å². The van der Waals surface area contributed by atoms with Crippen molar-refractivity contribution in [2.24, 2.45) is 11.8 Å². The molecule has 0 aromatic carbocycles. The van der Waals surface area contributed by atoms with Crippen LogP contribution in [0.5, 0.6) is 0 Å². The second-order valence-electron chi connectivity index (χ2n) is 7.17. The molecule has 2 amide bonds. The molecule has 0 aromatic heterocycles. The normalized spacial score (nSPS) is 18.1. The van der Waals surface area contributed by atoms with Crippen LogP contribution >= 0.6 is 0 Å². The Hall–Kier alpha value is -0.835. The van der Waals surface area contributed by atoms with E-state index >= 15 is 0 Å². The molecular weight excluding hydrogens is 299 g/mol. The molecule has 1 heterocycles. The molecule has 1 aliphatic rings. The van der Waals surface area contributed by atoms with Gasteiger partial charge in [0.05, 0.1) is 5.92 Å². The fourth-order valence-corrected chi connectivity index (χ4v) is 3.73. The van der Waals surface area contributed by atoms with E-state index in [4.69, 9.17) is 7.98 Å². The Bertz CT molecular complexity index is 362. The number of nitrogens with one attached hydrogen (secondary N) is 1. The summed E-state index contributed by atoms with van der Waals surface area (Å²) in [5.41, 5.74) is 0. The fraction of sp³-hybridized carbons (Fsp3) is 0.895. The SMILES string of the molecule is [B]NN1C(=O)CC(C(CCCCCCC)CCCCCCC)C1=O. The lowest BCUT2D eigenvalue weighted by molar-refractivity contribution is -0.141. The molecule has 1 rings (SSSR count). The number of nitrogens with zero attached hydrogens (tertiary/aromatic N) is 1. The smallest absolute Gasteiger partial charge is 0.246 e. The standard InChI is InChI=1S/C19H35BN2O2/c1-3-5-7-9-11-13-16(14-12-10-8-6-4-2)17-15-18(23)22(21-20)19(17)24/h16-17,21H,3-15H2,1-2H3. The number of hydrogen-bond donors (Lipinski definition) is 1. The van der Waals surface area contributed by atoms with Gasteiger partial charge in [0.15, 0.2) is 0 Å². The molecule has 1 N–H and O–H groups in total. The summed E-state index contributed by atoms with van der Waals surface area (Å²) >= 11 is 0. The molecule has 5 heteroatoms. The van der Waals surface area contributed by atoms with Crippen LogP contribution in [0.2, 0.25) is 0 Å². The monoisotopic (exact) mass is 334 g/mol. The van der Waals surface area contributed by atoms with Crippen LogP contribution in [0.3, 0.4) is 0 Å². The van der Waals surface area contributed by atoms with Crippen LogP contribution in [0.25, 0.3) is 0 Å². The lowest BCUT2D eigenvalue weighted by Crippen LogP contribution is -2.42. The highest BCUT2D eigenvalue weighted by atomic mass is 16.2. The zero-order valence-electron chi connectivity index (χ0n) is 15.7. The fourth-order valence-electron chi connectivity index (χ4n) is 3.73. The molecule has 136 valence electrons. The third-order valence-corrected chi connectivity index (χ3v) is 5.24. The van der Waals surface area contributed by atoms with Crippen LogP contribution in [-0.2, 0) is 9.59 Å². The number of imide groups is 1. The summed E-state index contributed by atoms with van der Waals surface area (Å²) in [7, 11) is 5.32. The van der Waals surface area contributed by atoms with Crippen LogP contribution in [0, 0.1) is 11.8 Å². The first-order valence-corrected chi connectivity index (χ1v) is 9.98. The third kappa shape index (κ3) is 6.96. The Morgan fingerprint density at radius 2 is 1.46 bits per heavy atom. The number of amides is 2. The molecule has 4 nitrogen and oxygen atoms in total. The third-order valence-electron chi connectivity index (χ3n) is 5.24. The lowest BCUT2D eigenvalue weighted by Gasteiger charge is -2.22. The van der Waals surface area contributed by atoms with Crippen LogP contribution in [0.15, 0.2) is 0 Å². The highest BCUT2D eigenvalue weighted by Gasteiger charge is 2.41. The molecule has 0 aliphatic carbocycles. The average molecular weight is 334 g/mol. The first kappa shape index (κ1) is 21.2. The molecule has 1 saturated heterocycles. The van der Waals surface area contributed by atoms with Crippen molar-refractivity contribution in [3.63, 3.8) is 0 Å². The van der Waals surface area contributed by atoms with Gasteiger partial charge >= 0.3 is 0 Å². The number of hydrogen-bond acceptors (Lipinski definition) is 3. The minimum absolute atomic E-state index is 0.130. The molecule has 0 aromatic rings. The molecular formula is C19H35BN2O2. The zero-order chi connectivity index (χ0) is 17.8. The summed E-state index contributed by atoms with van der Waals surface area (Å²) in [6.45, 7) is 4.44. The topological polar surface area (TPSA) is 49.4 Å². The first-order valence-electron chi connectivity index (χ1n) is 9.98. The Morgan fingerprint density at radius 3 is 1.88 bits per heavy atom. The van der Waals surface area contributed by atoms with E-state index < -0.39 is 0 Å². The first-order chi connectivity index (χ1) is 11.7. The summed E-state index contributed by atoms with van der Waals surface area (Å²) in [5, 5.41) is 3.26. The Labute approximate surface area is 149 Å². The van der Waals surface area contributed by atoms with E-state index in [1.54, 1.807) is 0 Å². The molecule has 24 heavy (non-hydrogen) atoms. The Kier molecular flexibility index (Phi) is 11.1. The van der Waals surface area contributed by atoms with Gasteiger partial charge in [-0.15, -0.1) is 0 Å². The predicted molar refractivity (Wildman–Crippen MR) is 99.1 cm³/mol. The average Bonchev–Trinajstić information content (AvgIpc) is 2.86. The van der Waals surface area contributed by atoms with E-state index in [9.17, 15) is 9.59 Å². The molecule has 0 saturated carbocycles. The van der Waals surface area contributed by atoms with E-state index in [0.29, 0.717) is 12.3 Å². The zero-order valence-corrected chi connectivity index (χ0v) is 15.7. The van der Waals surface area contributed by atoms with Gasteiger partial charge in [0.2, 0.25) is 19.8 Å². The number of rotatable bonds is 14. The van der Waals surface area contributed by atoms with Crippen molar-refractivity contribution >= 4 is 19.8 Å². The van der Waals surface area contributed by atoms with Gasteiger partial charge in [0, 0.05) is 6.42 Å². The second kappa shape index (κ2) is 12.5. The van der Waals surface area contributed by atoms with Crippen molar-refractivity contribution in [3.05, 3.63) is 0 Å². The van der Waals surface area contributed by atoms with E-state index in [-0.39, 0.29) is 17.7 Å². The summed E-state index contributed by atoms with van der Waals surface area (Å²) in [5.74, 6) is -0.168. The summed E-state index contributed by atoms with van der Waals surface area (Å²) < 4.78 is 0. The van der Waals surface area contributed by atoms with Crippen LogP contribution in [0.4, 0.5) is 0 Å². The lowest BCUT2D eigenvalue weighted by atomic mass is 9.82. The number of carbonyl (C=O) groups excluding carboxylic acids is 2. The number of unbranched alkanes of at least 4 members (excludes halogenated alkanes) is 8. The maximum Gasteiger partial charge on any atom is 0.246 e. The maximum absolute atomic E-state index is 12.4. The molecule has 2 radical (unpaired) electrons. The van der Waals surface area contributed by atoms with E-state index in [1.165, 1.54) is 51.4 Å². The van der Waals surface area contributed by atoms with Gasteiger partial charge in [-0.05, 0) is 18.8 Å². The van der Waals surface area contributed by atoms with Gasteiger partial charge in [0.1, 0.15) is 0 Å². The molecule has 1 unspecified atom stereocenters. The highest BCUT2D eigenvalue weighted by Crippen LogP contribution is 2.33. The van der Waals surface area contributed by atoms with Crippen molar-refractivity contribution in [1.82, 2.24) is 10.3 Å². The highest BCUT2D eigenvalue weighted by molar-refractivity contribution is 6.10. The summed E-state index contributed by atoms with van der Waals surface area (Å²) in [6.07, 6.45) is 14.8. The molecule has 1 fully saturated rings. The van der Waals surface area contributed by atoms with Gasteiger partial charge in [-0.2, -0.15) is 0 Å². The largest absolute Gasteiger partial charge is 0.279 e. The maximum atomic E-state index is 12.4. The number of hydrazine groups is 1. The van der Waals surface area contributed by atoms with Crippen molar-refractivity contribution in [3.8, 4) is 0 Å². The second-order valence-corrected chi connectivity index (χ2v) is 7.17. The minimum atomic E-state index is -0.186. The van der Waals surface area contributed by atoms with Crippen LogP contribution in [0.1, 0.15) is 97.3 Å². The quantitative estimate of drug-likeness (QED) is 0.293. The van der Waals surface area contributed by atoms with Gasteiger partial charge in [-0.1, -0.05) is 78.1 Å². The molecule has 1 aliphatic heterocycles. The van der Waals surface area contributed by atoms with E-state index in [1.807, 2.05) is 0 Å². The van der Waals surface area contributed by atoms with Gasteiger partial charge in [-0.25, -0.2) is 5.01 Å². The van der Waals surface area contributed by atoms with Crippen molar-refractivity contribution in [2.75, 3.05) is 0 Å². The summed E-state index contributed by atoms with van der Waals surface area (Å²) in [4.78, 5) is 24.3. The van der Waals surface area contributed by atoms with Gasteiger partial charge in [0.25, 0.3) is 0 Å². The Morgan fingerprint density at radius 1 is 0.958 bits per heavy atom. The molecule has 0 spiro atoms. The van der Waals surface area contributed by atoms with E-state index in [0.717, 1.165) is 30.7 Å². The minimum Gasteiger partial charge on any atom is -0.279 e. The molecule has 0 bridgehead atoms. The van der Waals surface area contributed by atoms with Crippen molar-refractivity contribution in [1.29, 1.82) is 0 Å². The summed E-state index contributed by atoms with van der Waals surface area (Å²) in [6, 6.07) is 0. The van der Waals surface area contributed by atoms with Gasteiger partial charge < -0.3 is 0 Å². The van der Waals surface area contributed by atoms with Crippen LogP contribution in [-0.4, -0.2) is 24.8 Å². The molecule has 1 atom stereocenters. The predicted octanol–water partition coefficient (Wildman–Crippen LogP) is 4.29. The van der Waals surface area contributed by atoms with E-state index in [2.05, 4.69) is 19.2 Å². The van der Waals surface area contributed by atoms with Crippen molar-refractivity contribution in [2.45, 2.75) is 97.3 Å².